The number of hydrogen-bond acceptors (Lipinski definition) is 5. The van der Waals surface area contributed by atoms with Crippen LogP contribution in [0.1, 0.15) is 11.3 Å². The first-order valence-corrected chi connectivity index (χ1v) is 5.74. The minimum atomic E-state index is -0.787. The zero-order valence-electron chi connectivity index (χ0n) is 10.2. The number of imidazole rings is 1. The number of rotatable bonds is 3. The number of hydrogen-bond donors (Lipinski definition) is 2. The number of H-pyrrole nitrogens is 1. The van der Waals surface area contributed by atoms with Crippen LogP contribution in [0.4, 0.5) is 10.2 Å². The number of aromatic nitrogens is 5. The Morgan fingerprint density at radius 2 is 2.21 bits per heavy atom. The van der Waals surface area contributed by atoms with Crippen LogP contribution in [-0.4, -0.2) is 24.9 Å². The maximum absolute atomic E-state index is 13.2. The lowest BCUT2D eigenvalue weighted by Gasteiger charge is -2.06. The third-order valence-corrected chi connectivity index (χ3v) is 2.67. The average Bonchev–Trinajstić information content (AvgIpc) is 2.84. The second-order valence-electron chi connectivity index (χ2n) is 4.10. The number of halogens is 1. The predicted octanol–water partition coefficient (Wildman–Crippen LogP) is 1.81. The fourth-order valence-corrected chi connectivity index (χ4v) is 1.83. The van der Waals surface area contributed by atoms with E-state index in [-0.39, 0.29) is 0 Å². The molecule has 0 aliphatic carbocycles. The van der Waals surface area contributed by atoms with Crippen molar-refractivity contribution < 1.29 is 4.39 Å². The van der Waals surface area contributed by atoms with E-state index in [0.717, 1.165) is 11.3 Å². The zero-order valence-corrected chi connectivity index (χ0v) is 10.2. The first kappa shape index (κ1) is 11.5. The van der Waals surface area contributed by atoms with Gasteiger partial charge in [-0.2, -0.15) is 14.4 Å². The van der Waals surface area contributed by atoms with Gasteiger partial charge < -0.3 is 10.3 Å². The van der Waals surface area contributed by atoms with Gasteiger partial charge in [-0.1, -0.05) is 0 Å². The Bertz CT molecular complexity index is 723. The maximum Gasteiger partial charge on any atom is 0.312 e. The quantitative estimate of drug-likeness (QED) is 0.700. The fourth-order valence-electron chi connectivity index (χ4n) is 1.83. The van der Waals surface area contributed by atoms with Crippen LogP contribution >= 0.6 is 0 Å². The normalized spacial score (nSPS) is 10.8. The van der Waals surface area contributed by atoms with Gasteiger partial charge in [-0.3, -0.25) is 4.98 Å². The van der Waals surface area contributed by atoms with Gasteiger partial charge in [-0.25, -0.2) is 4.98 Å². The number of anilines is 1. The van der Waals surface area contributed by atoms with Crippen molar-refractivity contribution in [2.24, 2.45) is 0 Å². The fraction of sp³-hybridized carbons (Fsp3) is 0.167. The molecule has 0 saturated carbocycles. The highest BCUT2D eigenvalue weighted by molar-refractivity contribution is 5.81. The van der Waals surface area contributed by atoms with Crippen molar-refractivity contribution in [1.82, 2.24) is 24.9 Å². The number of nitrogens with zero attached hydrogens (tertiary/aromatic N) is 4. The molecule has 3 heterocycles. The van der Waals surface area contributed by atoms with Crippen molar-refractivity contribution >= 4 is 17.0 Å². The molecule has 0 bridgehead atoms. The van der Waals surface area contributed by atoms with Crippen molar-refractivity contribution in [2.75, 3.05) is 5.32 Å². The van der Waals surface area contributed by atoms with Gasteiger partial charge in [0.15, 0.2) is 11.5 Å². The third kappa shape index (κ3) is 2.35. The highest BCUT2D eigenvalue weighted by atomic mass is 19.1. The lowest BCUT2D eigenvalue weighted by Crippen LogP contribution is -2.05. The Balaban J connectivity index is 1.87. The summed E-state index contributed by atoms with van der Waals surface area (Å²) in [6.45, 7) is 2.43. The maximum atomic E-state index is 13.2. The molecule has 3 aromatic rings. The van der Waals surface area contributed by atoms with E-state index in [0.29, 0.717) is 23.5 Å². The van der Waals surface area contributed by atoms with E-state index < -0.39 is 6.08 Å². The highest BCUT2D eigenvalue weighted by Crippen LogP contribution is 2.16. The molecule has 2 N–H and O–H groups in total. The van der Waals surface area contributed by atoms with Crippen molar-refractivity contribution in [1.29, 1.82) is 0 Å². The molecule has 7 heteroatoms. The Labute approximate surface area is 108 Å². The van der Waals surface area contributed by atoms with Gasteiger partial charge in [-0.15, -0.1) is 0 Å². The van der Waals surface area contributed by atoms with Crippen LogP contribution in [0.25, 0.3) is 11.2 Å². The van der Waals surface area contributed by atoms with Crippen LogP contribution in [0.15, 0.2) is 24.7 Å². The largest absolute Gasteiger partial charge is 0.364 e. The van der Waals surface area contributed by atoms with Crippen molar-refractivity contribution in [3.8, 4) is 0 Å². The molecular formula is C12H11FN6. The van der Waals surface area contributed by atoms with Crippen LogP contribution in [0.3, 0.4) is 0 Å². The van der Waals surface area contributed by atoms with Gasteiger partial charge >= 0.3 is 6.08 Å². The summed E-state index contributed by atoms with van der Waals surface area (Å²) in [4.78, 5) is 18.3. The summed E-state index contributed by atoms with van der Waals surface area (Å²) in [5.74, 6) is 0.373. The number of aromatic amines is 1. The number of fused-ring (bicyclic) bond motifs is 1. The van der Waals surface area contributed by atoms with Gasteiger partial charge in [-0.05, 0) is 24.6 Å². The van der Waals surface area contributed by atoms with E-state index in [1.807, 2.05) is 19.1 Å². The predicted molar refractivity (Wildman–Crippen MR) is 67.9 cm³/mol. The van der Waals surface area contributed by atoms with Crippen molar-refractivity contribution in [3.05, 3.63) is 42.0 Å². The topological polar surface area (TPSA) is 79.4 Å². The van der Waals surface area contributed by atoms with Gasteiger partial charge in [0.05, 0.1) is 6.33 Å². The minimum absolute atomic E-state index is 0.373. The summed E-state index contributed by atoms with van der Waals surface area (Å²) in [6, 6.07) is 3.84. The highest BCUT2D eigenvalue weighted by Gasteiger charge is 2.09. The number of nitrogens with one attached hydrogen (secondary N) is 2. The van der Waals surface area contributed by atoms with E-state index in [1.165, 1.54) is 6.33 Å². The van der Waals surface area contributed by atoms with Crippen LogP contribution in [0, 0.1) is 13.0 Å². The lowest BCUT2D eigenvalue weighted by atomic mass is 10.2. The molecule has 19 heavy (non-hydrogen) atoms. The van der Waals surface area contributed by atoms with E-state index in [4.69, 9.17) is 0 Å². The second-order valence-corrected chi connectivity index (χ2v) is 4.10. The summed E-state index contributed by atoms with van der Waals surface area (Å²) in [6.07, 6.45) is 2.41. The lowest BCUT2D eigenvalue weighted by molar-refractivity contribution is 0.545. The average molecular weight is 258 g/mol. The summed E-state index contributed by atoms with van der Waals surface area (Å²) < 4.78 is 13.2. The Morgan fingerprint density at radius 3 is 3.05 bits per heavy atom. The SMILES string of the molecule is Cc1cc(CNc2nc(F)nc3[nH]cnc23)ccn1. The molecule has 3 aromatic heterocycles. The molecule has 3 rings (SSSR count). The van der Waals surface area contributed by atoms with E-state index in [9.17, 15) is 4.39 Å². The number of aryl methyl sites for hydroxylation is 1. The molecule has 6 nitrogen and oxygen atoms in total. The van der Waals surface area contributed by atoms with Crippen LogP contribution < -0.4 is 5.32 Å². The summed E-state index contributed by atoms with van der Waals surface area (Å²) in [7, 11) is 0. The summed E-state index contributed by atoms with van der Waals surface area (Å²) in [5, 5.41) is 3.06. The Hall–Kier alpha value is -2.57. The standard InChI is InChI=1S/C12H11FN6/c1-7-4-8(2-3-14-7)5-15-10-9-11(17-6-16-9)19-12(13)18-10/h2-4,6H,5H2,1H3,(H2,15,16,17,18,19). The first-order chi connectivity index (χ1) is 9.22. The van der Waals surface area contributed by atoms with E-state index >= 15 is 0 Å². The van der Waals surface area contributed by atoms with Gasteiger partial charge in [0.25, 0.3) is 0 Å². The van der Waals surface area contributed by atoms with Crippen molar-refractivity contribution in [2.45, 2.75) is 13.5 Å². The molecule has 0 saturated heterocycles. The minimum Gasteiger partial charge on any atom is -0.364 e. The van der Waals surface area contributed by atoms with Crippen molar-refractivity contribution in [3.63, 3.8) is 0 Å². The second kappa shape index (κ2) is 4.60. The van der Waals surface area contributed by atoms with Gasteiger partial charge in [0.2, 0.25) is 0 Å². The summed E-state index contributed by atoms with van der Waals surface area (Å²) >= 11 is 0. The van der Waals surface area contributed by atoms with E-state index in [1.54, 1.807) is 6.20 Å². The molecule has 96 valence electrons. The van der Waals surface area contributed by atoms with Crippen LogP contribution in [-0.2, 0) is 6.54 Å². The molecule has 0 spiro atoms. The molecule has 0 aromatic carbocycles. The molecule has 0 atom stereocenters. The van der Waals surface area contributed by atoms with Gasteiger partial charge in [0.1, 0.15) is 5.52 Å². The Morgan fingerprint density at radius 1 is 1.32 bits per heavy atom. The van der Waals surface area contributed by atoms with E-state index in [2.05, 4.69) is 30.2 Å². The molecule has 0 aliphatic heterocycles. The Kier molecular flexibility index (Phi) is 2.79. The summed E-state index contributed by atoms with van der Waals surface area (Å²) in [5.41, 5.74) is 2.86. The smallest absolute Gasteiger partial charge is 0.312 e. The van der Waals surface area contributed by atoms with Gasteiger partial charge in [0, 0.05) is 18.4 Å². The molecule has 0 radical (unpaired) electrons. The molecular weight excluding hydrogens is 247 g/mol. The van der Waals surface area contributed by atoms with Crippen LogP contribution in [0.5, 0.6) is 0 Å². The monoisotopic (exact) mass is 258 g/mol. The molecule has 0 amide bonds. The zero-order chi connectivity index (χ0) is 13.2. The molecule has 0 unspecified atom stereocenters. The van der Waals surface area contributed by atoms with Crippen LogP contribution in [0.2, 0.25) is 0 Å². The third-order valence-electron chi connectivity index (χ3n) is 2.67. The first-order valence-electron chi connectivity index (χ1n) is 5.74. The number of pyridine rings is 1. The molecule has 0 fully saturated rings. The molecule has 0 aliphatic rings.